The number of hydrogen-bond acceptors (Lipinski definition) is 6. The average molecular weight is 314 g/mol. The van der Waals surface area contributed by atoms with Gasteiger partial charge in [0.15, 0.2) is 0 Å². The van der Waals surface area contributed by atoms with Crippen LogP contribution >= 0.6 is 11.8 Å². The summed E-state index contributed by atoms with van der Waals surface area (Å²) in [6.07, 6.45) is 0. The van der Waals surface area contributed by atoms with Crippen molar-refractivity contribution in [1.82, 2.24) is 0 Å². The van der Waals surface area contributed by atoms with Crippen molar-refractivity contribution in [2.45, 2.75) is 12.2 Å². The van der Waals surface area contributed by atoms with Gasteiger partial charge in [0.05, 0.1) is 23.7 Å². The molecule has 0 spiro atoms. The van der Waals surface area contributed by atoms with Crippen molar-refractivity contribution >= 4 is 29.1 Å². The van der Waals surface area contributed by atoms with Gasteiger partial charge in [0.1, 0.15) is 11.5 Å². The van der Waals surface area contributed by atoms with Crippen LogP contribution in [0.5, 0.6) is 0 Å². The van der Waals surface area contributed by atoms with Crippen molar-refractivity contribution in [3.05, 3.63) is 33.6 Å². The van der Waals surface area contributed by atoms with Crippen LogP contribution in [0.3, 0.4) is 0 Å². The van der Waals surface area contributed by atoms with E-state index in [1.807, 2.05) is 11.8 Å². The molecule has 0 radical (unpaired) electrons. The van der Waals surface area contributed by atoms with Crippen LogP contribution in [0.1, 0.15) is 17.3 Å². The number of carbonyl (C=O) groups excluding carboxylic acids is 1. The summed E-state index contributed by atoms with van der Waals surface area (Å²) in [4.78, 5) is 23.9. The minimum Gasteiger partial charge on any atom is -0.465 e. The summed E-state index contributed by atoms with van der Waals surface area (Å²) < 4.78 is 18.4. The molecular formula is C13H15FN2O4S. The van der Waals surface area contributed by atoms with Crippen molar-refractivity contribution in [2.75, 3.05) is 30.9 Å². The van der Waals surface area contributed by atoms with Gasteiger partial charge < -0.3 is 9.64 Å². The Morgan fingerprint density at radius 2 is 2.29 bits per heavy atom. The van der Waals surface area contributed by atoms with Gasteiger partial charge in [-0.15, -0.1) is 0 Å². The highest BCUT2D eigenvalue weighted by molar-refractivity contribution is 8.00. The first-order valence-electron chi connectivity index (χ1n) is 6.36. The van der Waals surface area contributed by atoms with Crippen LogP contribution in [-0.4, -0.2) is 42.1 Å². The summed E-state index contributed by atoms with van der Waals surface area (Å²) in [5.74, 6) is -0.969. The lowest BCUT2D eigenvalue weighted by Crippen LogP contribution is -2.37. The van der Waals surface area contributed by atoms with Gasteiger partial charge in [-0.05, 0) is 6.07 Å². The first kappa shape index (κ1) is 15.6. The molecule has 1 unspecified atom stereocenters. The third kappa shape index (κ3) is 3.26. The summed E-state index contributed by atoms with van der Waals surface area (Å²) in [5, 5.41) is 11.4. The molecule has 0 aromatic heterocycles. The minimum absolute atomic E-state index is 0.258. The quantitative estimate of drug-likeness (QED) is 0.485. The molecule has 0 amide bonds. The smallest absolute Gasteiger partial charge is 0.340 e. The summed E-state index contributed by atoms with van der Waals surface area (Å²) in [7, 11) is 1.14. The van der Waals surface area contributed by atoms with Gasteiger partial charge >= 0.3 is 5.97 Å². The fourth-order valence-electron chi connectivity index (χ4n) is 2.25. The number of thioether (sulfide) groups is 1. The maximum atomic E-state index is 13.8. The lowest BCUT2D eigenvalue weighted by atomic mass is 10.1. The molecule has 0 saturated carbocycles. The Labute approximate surface area is 125 Å². The summed E-state index contributed by atoms with van der Waals surface area (Å²) in [5.41, 5.74) is -0.364. The summed E-state index contributed by atoms with van der Waals surface area (Å²) >= 11 is 1.77. The molecule has 1 aromatic carbocycles. The first-order valence-corrected chi connectivity index (χ1v) is 7.41. The molecule has 1 saturated heterocycles. The highest BCUT2D eigenvalue weighted by Gasteiger charge is 2.28. The molecule has 1 heterocycles. The van der Waals surface area contributed by atoms with E-state index < -0.39 is 16.7 Å². The number of nitro benzene ring substituents is 1. The van der Waals surface area contributed by atoms with Crippen molar-refractivity contribution in [3.8, 4) is 0 Å². The topological polar surface area (TPSA) is 72.7 Å². The van der Waals surface area contributed by atoms with Gasteiger partial charge in [0.25, 0.3) is 5.69 Å². The van der Waals surface area contributed by atoms with Crippen LogP contribution in [0.15, 0.2) is 12.1 Å². The number of halogens is 1. The molecule has 1 atom stereocenters. The zero-order chi connectivity index (χ0) is 15.6. The Hall–Kier alpha value is -1.83. The molecule has 0 aliphatic carbocycles. The molecule has 0 bridgehead atoms. The standard InChI is InChI=1S/C13H15FN2O4S/c1-8-7-15(3-4-21-8)11-5-9(13(17)20-2)10(14)6-12(11)16(18)19/h5-6,8H,3-4,7H2,1-2H3. The number of ether oxygens (including phenoxy) is 1. The lowest BCUT2D eigenvalue weighted by molar-refractivity contribution is -0.384. The number of hydrogen-bond donors (Lipinski definition) is 0. The predicted molar refractivity (Wildman–Crippen MR) is 78.5 cm³/mol. The normalized spacial score (nSPS) is 18.4. The van der Waals surface area contributed by atoms with Crippen LogP contribution in [0.4, 0.5) is 15.8 Å². The number of esters is 1. The Kier molecular flexibility index (Phi) is 4.66. The maximum absolute atomic E-state index is 13.8. The molecule has 2 rings (SSSR count). The van der Waals surface area contributed by atoms with Gasteiger partial charge in [-0.1, -0.05) is 6.92 Å². The number of benzene rings is 1. The average Bonchev–Trinajstić information content (AvgIpc) is 2.46. The van der Waals surface area contributed by atoms with E-state index in [4.69, 9.17) is 0 Å². The second kappa shape index (κ2) is 6.30. The van der Waals surface area contributed by atoms with Gasteiger partial charge in [0, 0.05) is 24.1 Å². The number of rotatable bonds is 3. The third-order valence-corrected chi connectivity index (χ3v) is 4.38. The zero-order valence-electron chi connectivity index (χ0n) is 11.7. The molecule has 8 heteroatoms. The van der Waals surface area contributed by atoms with E-state index in [1.165, 1.54) is 6.07 Å². The van der Waals surface area contributed by atoms with E-state index in [1.54, 1.807) is 11.8 Å². The molecule has 1 aliphatic heterocycles. The number of nitro groups is 1. The fraction of sp³-hybridized carbons (Fsp3) is 0.462. The molecule has 21 heavy (non-hydrogen) atoms. The Morgan fingerprint density at radius 1 is 1.57 bits per heavy atom. The predicted octanol–water partition coefficient (Wildman–Crippen LogP) is 2.46. The second-order valence-electron chi connectivity index (χ2n) is 4.70. The number of carbonyl (C=O) groups is 1. The molecule has 114 valence electrons. The Balaban J connectivity index is 2.50. The van der Waals surface area contributed by atoms with Crippen molar-refractivity contribution in [1.29, 1.82) is 0 Å². The molecule has 1 aliphatic rings. The third-order valence-electron chi connectivity index (χ3n) is 3.25. The Morgan fingerprint density at radius 3 is 2.86 bits per heavy atom. The van der Waals surface area contributed by atoms with Gasteiger partial charge in [-0.3, -0.25) is 10.1 Å². The first-order chi connectivity index (χ1) is 9.93. The summed E-state index contributed by atoms with van der Waals surface area (Å²) in [6, 6.07) is 2.00. The van der Waals surface area contributed by atoms with Gasteiger partial charge in [-0.2, -0.15) is 11.8 Å². The van der Waals surface area contributed by atoms with Crippen molar-refractivity contribution in [3.63, 3.8) is 0 Å². The largest absolute Gasteiger partial charge is 0.465 e. The number of nitrogens with zero attached hydrogens (tertiary/aromatic N) is 2. The Bertz CT molecular complexity index is 582. The zero-order valence-corrected chi connectivity index (χ0v) is 12.5. The molecule has 6 nitrogen and oxygen atoms in total. The minimum atomic E-state index is -0.947. The molecule has 0 N–H and O–H groups in total. The van der Waals surface area contributed by atoms with E-state index in [9.17, 15) is 19.3 Å². The van der Waals surface area contributed by atoms with Gasteiger partial charge in [-0.25, -0.2) is 9.18 Å². The molecule has 1 aromatic rings. The monoisotopic (exact) mass is 314 g/mol. The van der Waals surface area contributed by atoms with E-state index in [0.29, 0.717) is 18.3 Å². The fourth-order valence-corrected chi connectivity index (χ4v) is 3.27. The molecular weight excluding hydrogens is 299 g/mol. The van der Waals surface area contributed by atoms with Crippen LogP contribution in [0, 0.1) is 15.9 Å². The van der Waals surface area contributed by atoms with E-state index >= 15 is 0 Å². The molecule has 1 fully saturated rings. The van der Waals surface area contributed by atoms with Crippen LogP contribution in [-0.2, 0) is 4.74 Å². The van der Waals surface area contributed by atoms with E-state index in [2.05, 4.69) is 4.74 Å². The SMILES string of the molecule is COC(=O)c1cc(N2CCSC(C)C2)c([N+](=O)[O-])cc1F. The number of anilines is 1. The highest BCUT2D eigenvalue weighted by atomic mass is 32.2. The lowest BCUT2D eigenvalue weighted by Gasteiger charge is -2.32. The highest BCUT2D eigenvalue weighted by Crippen LogP contribution is 2.34. The second-order valence-corrected chi connectivity index (χ2v) is 6.24. The van der Waals surface area contributed by atoms with Crippen molar-refractivity contribution < 1.29 is 18.8 Å². The van der Waals surface area contributed by atoms with E-state index in [-0.39, 0.29) is 16.9 Å². The van der Waals surface area contributed by atoms with E-state index in [0.717, 1.165) is 18.9 Å². The maximum Gasteiger partial charge on any atom is 0.340 e. The van der Waals surface area contributed by atoms with Crippen LogP contribution in [0.25, 0.3) is 0 Å². The van der Waals surface area contributed by atoms with Crippen molar-refractivity contribution in [2.24, 2.45) is 0 Å². The van der Waals surface area contributed by atoms with Gasteiger partial charge in [0.2, 0.25) is 0 Å². The summed E-state index contributed by atoms with van der Waals surface area (Å²) in [6.45, 7) is 3.24. The van der Waals surface area contributed by atoms with Crippen LogP contribution in [0.2, 0.25) is 0 Å². The number of methoxy groups -OCH3 is 1. The van der Waals surface area contributed by atoms with Crippen LogP contribution < -0.4 is 4.90 Å².